The van der Waals surface area contributed by atoms with E-state index >= 15 is 0 Å². The number of halogens is 3. The van der Waals surface area contributed by atoms with E-state index in [0.717, 1.165) is 4.57 Å². The first-order valence-electron chi connectivity index (χ1n) is 7.94. The molecule has 136 valence electrons. The molecule has 0 spiro atoms. The Labute approximate surface area is 142 Å². The molecule has 25 heavy (non-hydrogen) atoms. The Morgan fingerprint density at radius 2 is 2.04 bits per heavy atom. The van der Waals surface area contributed by atoms with Crippen molar-refractivity contribution in [1.82, 2.24) is 19.4 Å². The van der Waals surface area contributed by atoms with Crippen molar-refractivity contribution in [3.63, 3.8) is 0 Å². The van der Waals surface area contributed by atoms with E-state index in [1.807, 2.05) is 0 Å². The lowest BCUT2D eigenvalue weighted by molar-refractivity contribution is -0.147. The van der Waals surface area contributed by atoms with E-state index in [4.69, 9.17) is 4.74 Å². The Kier molecular flexibility index (Phi) is 4.12. The van der Waals surface area contributed by atoms with Gasteiger partial charge >= 0.3 is 12.3 Å². The maximum absolute atomic E-state index is 13.4. The van der Waals surface area contributed by atoms with Gasteiger partial charge in [0.2, 0.25) is 5.82 Å². The summed E-state index contributed by atoms with van der Waals surface area (Å²) in [5.41, 5.74) is -0.299. The molecule has 0 N–H and O–H groups in total. The molecule has 3 heterocycles. The predicted octanol–water partition coefficient (Wildman–Crippen LogP) is 3.63. The number of carbonyl (C=O) groups is 1. The Morgan fingerprint density at radius 1 is 1.32 bits per heavy atom. The fraction of sp³-hybridized carbons (Fsp3) is 0.562. The molecular formula is C16H19F3N4O2. The summed E-state index contributed by atoms with van der Waals surface area (Å²) < 4.78 is 46.6. The Bertz CT molecular complexity index is 795. The highest BCUT2D eigenvalue weighted by molar-refractivity contribution is 5.72. The Balaban J connectivity index is 1.91. The highest BCUT2D eigenvalue weighted by atomic mass is 19.4. The van der Waals surface area contributed by atoms with E-state index in [0.29, 0.717) is 13.0 Å². The van der Waals surface area contributed by atoms with Crippen molar-refractivity contribution < 1.29 is 22.7 Å². The summed E-state index contributed by atoms with van der Waals surface area (Å²) in [6, 6.07) is 2.49. The standard InChI is InChI=1S/C16H19F3N4O2/c1-15(2,3)25-14(24)22-8-6-10(9-22)23-12-11(5-4-7-20-12)21-13(23)16(17,18)19/h4-5,7,10H,6,8-9H2,1-3H3/t10-/m1/s1. The molecule has 0 unspecified atom stereocenters. The smallest absolute Gasteiger partial charge is 0.444 e. The van der Waals surface area contributed by atoms with Gasteiger partial charge in [-0.2, -0.15) is 13.2 Å². The van der Waals surface area contributed by atoms with Crippen LogP contribution in [0.5, 0.6) is 0 Å². The second-order valence-electron chi connectivity index (χ2n) is 7.02. The summed E-state index contributed by atoms with van der Waals surface area (Å²) in [5, 5.41) is 0. The minimum atomic E-state index is -4.60. The molecule has 1 saturated heterocycles. The molecule has 0 bridgehead atoms. The first kappa shape index (κ1) is 17.5. The van der Waals surface area contributed by atoms with Gasteiger partial charge in [0.05, 0.1) is 6.04 Å². The van der Waals surface area contributed by atoms with Crippen LogP contribution in [0.25, 0.3) is 11.2 Å². The first-order chi connectivity index (χ1) is 11.6. The molecule has 0 aromatic carbocycles. The summed E-state index contributed by atoms with van der Waals surface area (Å²) in [6.07, 6.45) is -3.31. The van der Waals surface area contributed by atoms with Crippen LogP contribution in [0, 0.1) is 0 Å². The molecular weight excluding hydrogens is 337 g/mol. The van der Waals surface area contributed by atoms with E-state index in [9.17, 15) is 18.0 Å². The molecule has 9 heteroatoms. The number of hydrogen-bond acceptors (Lipinski definition) is 4. The quantitative estimate of drug-likeness (QED) is 0.783. The lowest BCUT2D eigenvalue weighted by atomic mass is 10.2. The molecule has 1 atom stereocenters. The third-order valence-electron chi connectivity index (χ3n) is 3.88. The maximum atomic E-state index is 13.4. The van der Waals surface area contributed by atoms with Crippen molar-refractivity contribution in [3.8, 4) is 0 Å². The zero-order valence-corrected chi connectivity index (χ0v) is 14.2. The molecule has 1 aliphatic heterocycles. The summed E-state index contributed by atoms with van der Waals surface area (Å²) in [5.74, 6) is -0.989. The zero-order valence-electron chi connectivity index (χ0n) is 14.2. The number of pyridine rings is 1. The fourth-order valence-electron chi connectivity index (χ4n) is 2.92. The number of likely N-dealkylation sites (tertiary alicyclic amines) is 1. The first-order valence-corrected chi connectivity index (χ1v) is 7.94. The Hall–Kier alpha value is -2.32. The number of imidazole rings is 1. The van der Waals surface area contributed by atoms with Gasteiger partial charge in [-0.3, -0.25) is 0 Å². The zero-order chi connectivity index (χ0) is 18.4. The lowest BCUT2D eigenvalue weighted by Crippen LogP contribution is -2.35. The van der Waals surface area contributed by atoms with Gasteiger partial charge in [-0.05, 0) is 39.3 Å². The second-order valence-corrected chi connectivity index (χ2v) is 7.02. The number of carbonyl (C=O) groups excluding carboxylic acids is 1. The van der Waals surface area contributed by atoms with Crippen molar-refractivity contribution in [3.05, 3.63) is 24.2 Å². The molecule has 2 aromatic rings. The number of nitrogens with zero attached hydrogens (tertiary/aromatic N) is 4. The van der Waals surface area contributed by atoms with Gasteiger partial charge in [0, 0.05) is 19.3 Å². The van der Waals surface area contributed by atoms with Crippen LogP contribution in [0.2, 0.25) is 0 Å². The topological polar surface area (TPSA) is 60.2 Å². The predicted molar refractivity (Wildman–Crippen MR) is 84.0 cm³/mol. The number of alkyl halides is 3. The van der Waals surface area contributed by atoms with Gasteiger partial charge in [0.1, 0.15) is 11.1 Å². The van der Waals surface area contributed by atoms with Crippen molar-refractivity contribution in [2.24, 2.45) is 0 Å². The number of aromatic nitrogens is 3. The third kappa shape index (κ3) is 3.54. The normalized spacial score (nSPS) is 18.8. The van der Waals surface area contributed by atoms with Crippen LogP contribution in [-0.2, 0) is 10.9 Å². The largest absolute Gasteiger partial charge is 0.449 e. The molecule has 0 aliphatic carbocycles. The van der Waals surface area contributed by atoms with Crippen LogP contribution in [-0.4, -0.2) is 44.2 Å². The van der Waals surface area contributed by atoms with Gasteiger partial charge in [0.25, 0.3) is 0 Å². The summed E-state index contributed by atoms with van der Waals surface area (Å²) in [7, 11) is 0. The number of fused-ring (bicyclic) bond motifs is 1. The third-order valence-corrected chi connectivity index (χ3v) is 3.88. The van der Waals surface area contributed by atoms with E-state index in [1.165, 1.54) is 17.2 Å². The lowest BCUT2D eigenvalue weighted by Gasteiger charge is -2.24. The molecule has 3 rings (SSSR count). The van der Waals surface area contributed by atoms with Crippen LogP contribution in [0.15, 0.2) is 18.3 Å². The van der Waals surface area contributed by atoms with Gasteiger partial charge in [-0.25, -0.2) is 14.8 Å². The fourth-order valence-corrected chi connectivity index (χ4v) is 2.92. The number of hydrogen-bond donors (Lipinski definition) is 0. The van der Waals surface area contributed by atoms with Crippen LogP contribution in [0.1, 0.15) is 39.1 Å². The van der Waals surface area contributed by atoms with E-state index in [1.54, 1.807) is 26.8 Å². The molecule has 1 aliphatic rings. The molecule has 2 aromatic heterocycles. The molecule has 1 amide bonds. The summed E-state index contributed by atoms with van der Waals surface area (Å²) in [4.78, 5) is 21.3. The number of amides is 1. The Morgan fingerprint density at radius 3 is 2.68 bits per heavy atom. The average molecular weight is 356 g/mol. The highest BCUT2D eigenvalue weighted by Gasteiger charge is 2.41. The van der Waals surface area contributed by atoms with Gasteiger partial charge in [-0.15, -0.1) is 0 Å². The molecule has 1 fully saturated rings. The molecule has 0 saturated carbocycles. The van der Waals surface area contributed by atoms with Crippen molar-refractivity contribution >= 4 is 17.3 Å². The SMILES string of the molecule is CC(C)(C)OC(=O)N1CC[C@@H](n2c(C(F)(F)F)nc3cccnc32)C1. The maximum Gasteiger partial charge on any atom is 0.449 e. The summed E-state index contributed by atoms with van der Waals surface area (Å²) >= 11 is 0. The molecule has 0 radical (unpaired) electrons. The van der Waals surface area contributed by atoms with Gasteiger partial charge < -0.3 is 14.2 Å². The van der Waals surface area contributed by atoms with Crippen LogP contribution in [0.3, 0.4) is 0 Å². The van der Waals surface area contributed by atoms with Crippen molar-refractivity contribution in [2.75, 3.05) is 13.1 Å². The number of ether oxygens (including phenoxy) is 1. The minimum absolute atomic E-state index is 0.125. The van der Waals surface area contributed by atoms with Gasteiger partial charge in [0.15, 0.2) is 5.65 Å². The second kappa shape index (κ2) is 5.89. The van der Waals surface area contributed by atoms with Gasteiger partial charge in [-0.1, -0.05) is 0 Å². The van der Waals surface area contributed by atoms with Crippen LogP contribution in [0.4, 0.5) is 18.0 Å². The highest BCUT2D eigenvalue weighted by Crippen LogP contribution is 2.36. The van der Waals surface area contributed by atoms with Crippen molar-refractivity contribution in [1.29, 1.82) is 0 Å². The van der Waals surface area contributed by atoms with E-state index < -0.39 is 29.7 Å². The average Bonchev–Trinajstić information content (AvgIpc) is 3.09. The summed E-state index contributed by atoms with van der Waals surface area (Å²) in [6.45, 7) is 5.68. The monoisotopic (exact) mass is 356 g/mol. The minimum Gasteiger partial charge on any atom is -0.444 e. The van der Waals surface area contributed by atoms with Crippen molar-refractivity contribution in [2.45, 2.75) is 45.0 Å². The van der Waals surface area contributed by atoms with E-state index in [-0.39, 0.29) is 17.7 Å². The van der Waals surface area contributed by atoms with E-state index in [2.05, 4.69) is 9.97 Å². The van der Waals surface area contributed by atoms with Crippen LogP contribution < -0.4 is 0 Å². The van der Waals surface area contributed by atoms with Crippen LogP contribution >= 0.6 is 0 Å². The number of rotatable bonds is 1. The molecule has 6 nitrogen and oxygen atoms in total.